The summed E-state index contributed by atoms with van der Waals surface area (Å²) in [5.74, 6) is 1.10. The first-order valence-corrected chi connectivity index (χ1v) is 12.1. The maximum Gasteiger partial charge on any atom is 0.211 e. The van der Waals surface area contributed by atoms with Crippen LogP contribution in [0.25, 0.3) is 5.65 Å². The second-order valence-electron chi connectivity index (χ2n) is 9.05. The number of nitrogen functional groups attached to an aromatic ring is 1. The van der Waals surface area contributed by atoms with Crippen LogP contribution in [0.2, 0.25) is 10.2 Å². The van der Waals surface area contributed by atoms with E-state index in [4.69, 9.17) is 39.7 Å². The molecular formula is C21H24Cl2FN7S. The summed E-state index contributed by atoms with van der Waals surface area (Å²) in [4.78, 5) is 17.0. The van der Waals surface area contributed by atoms with E-state index in [1.807, 2.05) is 10.6 Å². The van der Waals surface area contributed by atoms with Crippen LogP contribution in [0.3, 0.4) is 0 Å². The standard InChI is InChI=1S/C21H24Cl2FN7S/c1-20(24)9-14(25)21(11-20)2-5-30(6-3-21)19-28-10-13(18-27-4-7-31(18)19)32-12-8-15(26)29-17(23)16(12)22/h4,7-8,10,14H,2-3,5-6,9,11,25H2,1H3,(H2,26,29)/t14-,20?/m1/s1. The third-order valence-corrected chi connectivity index (χ3v) is 8.61. The number of imidazole rings is 1. The molecule has 2 atom stereocenters. The Morgan fingerprint density at radius 3 is 2.66 bits per heavy atom. The summed E-state index contributed by atoms with van der Waals surface area (Å²) in [7, 11) is 0. The lowest BCUT2D eigenvalue weighted by Crippen LogP contribution is -2.47. The minimum absolute atomic E-state index is 0.0935. The monoisotopic (exact) mass is 495 g/mol. The quantitative estimate of drug-likeness (QED) is 0.512. The minimum Gasteiger partial charge on any atom is -0.384 e. The van der Waals surface area contributed by atoms with Crippen molar-refractivity contribution >= 4 is 52.4 Å². The Morgan fingerprint density at radius 2 is 1.97 bits per heavy atom. The molecule has 170 valence electrons. The van der Waals surface area contributed by atoms with Gasteiger partial charge >= 0.3 is 0 Å². The fraction of sp³-hybridized carbons (Fsp3) is 0.476. The van der Waals surface area contributed by atoms with Crippen molar-refractivity contribution in [2.24, 2.45) is 11.1 Å². The first-order chi connectivity index (χ1) is 15.2. The van der Waals surface area contributed by atoms with Gasteiger partial charge < -0.3 is 16.4 Å². The van der Waals surface area contributed by atoms with Crippen LogP contribution in [0.15, 0.2) is 34.4 Å². The molecule has 0 aromatic carbocycles. The maximum absolute atomic E-state index is 14.6. The van der Waals surface area contributed by atoms with Gasteiger partial charge in [-0.1, -0.05) is 35.0 Å². The van der Waals surface area contributed by atoms with E-state index in [0.29, 0.717) is 28.6 Å². The molecule has 32 heavy (non-hydrogen) atoms. The number of hydrogen-bond donors (Lipinski definition) is 2. The number of rotatable bonds is 3. The fourth-order valence-corrected chi connectivity index (χ4v) is 6.61. The third-order valence-electron chi connectivity index (χ3n) is 6.69. The molecule has 11 heteroatoms. The van der Waals surface area contributed by atoms with Gasteiger partial charge in [-0.2, -0.15) is 0 Å². The van der Waals surface area contributed by atoms with Crippen LogP contribution in [0, 0.1) is 5.41 Å². The average molecular weight is 496 g/mol. The van der Waals surface area contributed by atoms with Gasteiger partial charge in [0.15, 0.2) is 10.8 Å². The Kier molecular flexibility index (Phi) is 5.43. The summed E-state index contributed by atoms with van der Waals surface area (Å²) in [6, 6.07) is 1.59. The number of hydrogen-bond acceptors (Lipinski definition) is 7. The van der Waals surface area contributed by atoms with Gasteiger partial charge in [-0.25, -0.2) is 19.3 Å². The molecule has 0 radical (unpaired) electrons. The van der Waals surface area contributed by atoms with Crippen molar-refractivity contribution in [1.29, 1.82) is 0 Å². The third kappa shape index (κ3) is 3.79. The molecule has 1 aliphatic heterocycles. The van der Waals surface area contributed by atoms with Crippen LogP contribution in [0.5, 0.6) is 0 Å². The summed E-state index contributed by atoms with van der Waals surface area (Å²) in [5.41, 5.74) is 11.7. The second-order valence-corrected chi connectivity index (χ2v) is 10.9. The fourth-order valence-electron chi connectivity index (χ4n) is 5.19. The molecule has 1 aliphatic carbocycles. The van der Waals surface area contributed by atoms with Crippen LogP contribution >= 0.6 is 35.0 Å². The Balaban J connectivity index is 1.40. The maximum atomic E-state index is 14.6. The van der Waals surface area contributed by atoms with E-state index in [1.165, 1.54) is 11.8 Å². The van der Waals surface area contributed by atoms with Crippen LogP contribution in [-0.4, -0.2) is 44.2 Å². The highest BCUT2D eigenvalue weighted by Gasteiger charge is 2.52. The van der Waals surface area contributed by atoms with E-state index in [0.717, 1.165) is 42.4 Å². The molecule has 5 rings (SSSR count). The van der Waals surface area contributed by atoms with Crippen molar-refractivity contribution in [3.63, 3.8) is 0 Å². The minimum atomic E-state index is -1.17. The normalized spacial score (nSPS) is 25.2. The number of halogens is 3. The zero-order valence-electron chi connectivity index (χ0n) is 17.6. The summed E-state index contributed by atoms with van der Waals surface area (Å²) < 4.78 is 16.6. The molecule has 1 spiro atoms. The number of pyridine rings is 1. The van der Waals surface area contributed by atoms with Crippen molar-refractivity contribution in [3.05, 3.63) is 34.8 Å². The number of nitrogens with zero attached hydrogens (tertiary/aromatic N) is 5. The zero-order chi connectivity index (χ0) is 22.7. The van der Waals surface area contributed by atoms with E-state index >= 15 is 0 Å². The zero-order valence-corrected chi connectivity index (χ0v) is 19.9. The molecule has 2 aliphatic rings. The molecule has 4 heterocycles. The number of aromatic nitrogens is 4. The van der Waals surface area contributed by atoms with Gasteiger partial charge in [0.05, 0.1) is 9.92 Å². The molecule has 7 nitrogen and oxygen atoms in total. The molecule has 1 saturated heterocycles. The lowest BCUT2D eigenvalue weighted by Gasteiger charge is -2.42. The molecule has 1 unspecified atom stereocenters. The summed E-state index contributed by atoms with van der Waals surface area (Å²) >= 11 is 13.8. The van der Waals surface area contributed by atoms with Crippen LogP contribution in [0.4, 0.5) is 16.2 Å². The van der Waals surface area contributed by atoms with Crippen molar-refractivity contribution in [2.45, 2.75) is 54.1 Å². The van der Waals surface area contributed by atoms with E-state index in [1.54, 1.807) is 25.4 Å². The van der Waals surface area contributed by atoms with Gasteiger partial charge in [-0.3, -0.25) is 4.40 Å². The van der Waals surface area contributed by atoms with Crippen LogP contribution in [0.1, 0.15) is 32.6 Å². The summed E-state index contributed by atoms with van der Waals surface area (Å²) in [6.07, 6.45) is 8.10. The number of fused-ring (bicyclic) bond motifs is 1. The average Bonchev–Trinajstić information content (AvgIpc) is 3.30. The molecule has 0 bridgehead atoms. The molecule has 3 aromatic heterocycles. The van der Waals surface area contributed by atoms with Crippen molar-refractivity contribution < 1.29 is 4.39 Å². The van der Waals surface area contributed by atoms with Gasteiger partial charge in [0, 0.05) is 42.6 Å². The number of alkyl halides is 1. The predicted octanol–water partition coefficient (Wildman–Crippen LogP) is 4.60. The molecule has 1 saturated carbocycles. The van der Waals surface area contributed by atoms with Crippen molar-refractivity contribution in [2.75, 3.05) is 23.7 Å². The van der Waals surface area contributed by atoms with Crippen LogP contribution < -0.4 is 16.4 Å². The van der Waals surface area contributed by atoms with Gasteiger partial charge in [0.25, 0.3) is 0 Å². The second kappa shape index (κ2) is 7.90. The van der Waals surface area contributed by atoms with E-state index < -0.39 is 5.67 Å². The Labute approximate surface area is 199 Å². The van der Waals surface area contributed by atoms with Gasteiger partial charge in [0.2, 0.25) is 5.95 Å². The van der Waals surface area contributed by atoms with Gasteiger partial charge in [-0.05, 0) is 44.1 Å². The molecule has 4 N–H and O–H groups in total. The topological polar surface area (TPSA) is 98.4 Å². The Bertz CT molecular complexity index is 1180. The number of piperidine rings is 1. The highest BCUT2D eigenvalue weighted by Crippen LogP contribution is 2.51. The van der Waals surface area contributed by atoms with Gasteiger partial charge in [-0.15, -0.1) is 0 Å². The highest BCUT2D eigenvalue weighted by atomic mass is 35.5. The summed E-state index contributed by atoms with van der Waals surface area (Å²) in [5, 5.41) is 0.503. The first-order valence-electron chi connectivity index (χ1n) is 10.5. The molecule has 3 aromatic rings. The van der Waals surface area contributed by atoms with Crippen molar-refractivity contribution in [1.82, 2.24) is 19.4 Å². The number of anilines is 2. The largest absolute Gasteiger partial charge is 0.384 e. The lowest BCUT2D eigenvalue weighted by atomic mass is 9.74. The smallest absolute Gasteiger partial charge is 0.211 e. The number of nitrogens with two attached hydrogens (primary N) is 2. The molecule has 0 amide bonds. The summed E-state index contributed by atoms with van der Waals surface area (Å²) in [6.45, 7) is 3.23. The predicted molar refractivity (Wildman–Crippen MR) is 126 cm³/mol. The lowest BCUT2D eigenvalue weighted by molar-refractivity contribution is 0.142. The molecular weight excluding hydrogens is 472 g/mol. The van der Waals surface area contributed by atoms with Gasteiger partial charge in [0.1, 0.15) is 11.5 Å². The SMILES string of the molecule is CC1(F)C[C@@H](N)C2(CCN(c3ncc(Sc4cc(N)nc(Cl)c4Cl)c4nccn34)CC2)C1. The first kappa shape index (κ1) is 22.0. The van der Waals surface area contributed by atoms with E-state index in [-0.39, 0.29) is 16.6 Å². The highest BCUT2D eigenvalue weighted by molar-refractivity contribution is 7.99. The van der Waals surface area contributed by atoms with Crippen molar-refractivity contribution in [3.8, 4) is 0 Å². The van der Waals surface area contributed by atoms with E-state index in [9.17, 15) is 4.39 Å². The Hall–Kier alpha value is -1.81. The molecule has 2 fully saturated rings. The van der Waals surface area contributed by atoms with E-state index in [2.05, 4.69) is 14.9 Å². The van der Waals surface area contributed by atoms with Crippen LogP contribution in [-0.2, 0) is 0 Å². The Morgan fingerprint density at radius 1 is 1.22 bits per heavy atom.